The molecule has 0 atom stereocenters. The second-order valence-electron chi connectivity index (χ2n) is 8.77. The summed E-state index contributed by atoms with van der Waals surface area (Å²) in [6.45, 7) is 4.77. The summed E-state index contributed by atoms with van der Waals surface area (Å²) in [7, 11) is 0. The Morgan fingerprint density at radius 2 is 1.53 bits per heavy atom. The molecule has 5 rings (SSSR count). The molecule has 1 heterocycles. The van der Waals surface area contributed by atoms with E-state index in [-0.39, 0.29) is 12.5 Å². The maximum Gasteiger partial charge on any atom is 0.262 e. The molecule has 1 aromatic heterocycles. The quantitative estimate of drug-likeness (QED) is 0.240. The summed E-state index contributed by atoms with van der Waals surface area (Å²) >= 11 is 1.72. The number of hydrogen-bond acceptors (Lipinski definition) is 5. The van der Waals surface area contributed by atoms with Gasteiger partial charge in [0.25, 0.3) is 5.91 Å². The summed E-state index contributed by atoms with van der Waals surface area (Å²) < 4.78 is 6.84. The normalized spacial score (nSPS) is 10.8. The van der Waals surface area contributed by atoms with Gasteiger partial charge in [0.15, 0.2) is 6.61 Å². The average Bonchev–Trinajstić information content (AvgIpc) is 3.32. The van der Waals surface area contributed by atoms with E-state index in [1.807, 2.05) is 55.5 Å². The zero-order chi connectivity index (χ0) is 24.9. The lowest BCUT2D eigenvalue weighted by atomic mass is 10.2. The monoisotopic (exact) mass is 493 g/mol. The van der Waals surface area contributed by atoms with Gasteiger partial charge in [0.1, 0.15) is 10.8 Å². The number of carbonyl (C=O) groups excluding carboxylic acids is 1. The molecule has 0 radical (unpaired) electrons. The SMILES string of the molecule is Cc1ccc(NC(=O)COc2ccc(CNc3ccc(-c4nc5ccc(C)cc5s4)cc3)cc2)cc1. The molecule has 0 aliphatic rings. The lowest BCUT2D eigenvalue weighted by Crippen LogP contribution is -2.20. The number of aryl methyl sites for hydroxylation is 2. The molecule has 4 aromatic carbocycles. The molecule has 0 unspecified atom stereocenters. The first kappa shape index (κ1) is 23.6. The lowest BCUT2D eigenvalue weighted by molar-refractivity contribution is -0.118. The van der Waals surface area contributed by atoms with Crippen molar-refractivity contribution in [1.29, 1.82) is 0 Å². The van der Waals surface area contributed by atoms with Crippen LogP contribution < -0.4 is 15.4 Å². The number of hydrogen-bond donors (Lipinski definition) is 2. The Morgan fingerprint density at radius 1 is 0.833 bits per heavy atom. The Morgan fingerprint density at radius 3 is 2.28 bits per heavy atom. The molecule has 0 saturated heterocycles. The van der Waals surface area contributed by atoms with Crippen LogP contribution in [-0.4, -0.2) is 17.5 Å². The Hall–Kier alpha value is -4.16. The molecule has 2 N–H and O–H groups in total. The topological polar surface area (TPSA) is 63.2 Å². The second-order valence-corrected chi connectivity index (χ2v) is 9.80. The molecular formula is C30H27N3O2S. The highest BCUT2D eigenvalue weighted by atomic mass is 32.1. The summed E-state index contributed by atoms with van der Waals surface area (Å²) in [5, 5.41) is 7.32. The largest absolute Gasteiger partial charge is 0.484 e. The zero-order valence-electron chi connectivity index (χ0n) is 20.2. The van der Waals surface area contributed by atoms with Gasteiger partial charge in [-0.05, 0) is 85.6 Å². The molecule has 0 aliphatic carbocycles. The molecule has 1 amide bonds. The van der Waals surface area contributed by atoms with Crippen LogP contribution in [0.1, 0.15) is 16.7 Å². The van der Waals surface area contributed by atoms with E-state index in [0.717, 1.165) is 38.6 Å². The molecule has 0 saturated carbocycles. The van der Waals surface area contributed by atoms with Gasteiger partial charge in [-0.25, -0.2) is 4.98 Å². The molecule has 0 spiro atoms. The number of aromatic nitrogens is 1. The van der Waals surface area contributed by atoms with Gasteiger partial charge in [-0.15, -0.1) is 11.3 Å². The number of anilines is 2. The second kappa shape index (κ2) is 10.6. The number of nitrogens with one attached hydrogen (secondary N) is 2. The highest BCUT2D eigenvalue weighted by Crippen LogP contribution is 2.31. The molecule has 0 aliphatic heterocycles. The first-order valence-corrected chi connectivity index (χ1v) is 12.6. The fourth-order valence-corrected chi connectivity index (χ4v) is 4.85. The molecule has 6 heteroatoms. The molecule has 180 valence electrons. The predicted octanol–water partition coefficient (Wildman–Crippen LogP) is 7.21. The third-order valence-corrected chi connectivity index (χ3v) is 6.87. The van der Waals surface area contributed by atoms with E-state index in [1.54, 1.807) is 11.3 Å². The van der Waals surface area contributed by atoms with Crippen LogP contribution in [0.4, 0.5) is 11.4 Å². The highest BCUT2D eigenvalue weighted by molar-refractivity contribution is 7.21. The highest BCUT2D eigenvalue weighted by Gasteiger charge is 2.07. The summed E-state index contributed by atoms with van der Waals surface area (Å²) in [4.78, 5) is 16.9. The lowest BCUT2D eigenvalue weighted by Gasteiger charge is -2.10. The van der Waals surface area contributed by atoms with Crippen LogP contribution >= 0.6 is 11.3 Å². The van der Waals surface area contributed by atoms with Crippen LogP contribution in [0.2, 0.25) is 0 Å². The van der Waals surface area contributed by atoms with E-state index >= 15 is 0 Å². The van der Waals surface area contributed by atoms with Crippen molar-refractivity contribution in [3.63, 3.8) is 0 Å². The fourth-order valence-electron chi connectivity index (χ4n) is 3.78. The Labute approximate surface area is 214 Å². The number of rotatable bonds is 8. The Bertz CT molecular complexity index is 1470. The number of thiazole rings is 1. The number of nitrogens with zero attached hydrogens (tertiary/aromatic N) is 1. The summed E-state index contributed by atoms with van der Waals surface area (Å²) in [6.07, 6.45) is 0. The maximum absolute atomic E-state index is 12.1. The van der Waals surface area contributed by atoms with E-state index in [9.17, 15) is 4.79 Å². The van der Waals surface area contributed by atoms with Gasteiger partial charge in [0, 0.05) is 23.5 Å². The van der Waals surface area contributed by atoms with E-state index in [2.05, 4.69) is 60.0 Å². The van der Waals surface area contributed by atoms with Gasteiger partial charge >= 0.3 is 0 Å². The summed E-state index contributed by atoms with van der Waals surface area (Å²) in [5.41, 5.74) is 7.49. The minimum atomic E-state index is -0.186. The third kappa shape index (κ3) is 5.90. The number of carbonyl (C=O) groups is 1. The summed E-state index contributed by atoms with van der Waals surface area (Å²) in [5.74, 6) is 0.474. The van der Waals surface area contributed by atoms with Crippen molar-refractivity contribution >= 4 is 38.8 Å². The minimum Gasteiger partial charge on any atom is -0.484 e. The van der Waals surface area contributed by atoms with E-state index < -0.39 is 0 Å². The standard InChI is InChI=1S/C30H27N3O2S/c1-20-3-10-25(11-4-20)32-29(34)19-35-26-14-6-22(7-15-26)18-31-24-12-8-23(9-13-24)30-33-27-16-5-21(2)17-28(27)36-30/h3-17,31H,18-19H2,1-2H3,(H,32,34). The molecular weight excluding hydrogens is 466 g/mol. The zero-order valence-corrected chi connectivity index (χ0v) is 21.1. The minimum absolute atomic E-state index is 0.0356. The van der Waals surface area contributed by atoms with Crippen LogP contribution in [0.5, 0.6) is 5.75 Å². The molecule has 0 fully saturated rings. The van der Waals surface area contributed by atoms with Crippen molar-refractivity contribution in [3.8, 4) is 16.3 Å². The molecule has 36 heavy (non-hydrogen) atoms. The number of amides is 1. The van der Waals surface area contributed by atoms with E-state index in [4.69, 9.17) is 9.72 Å². The molecule has 5 nitrogen and oxygen atoms in total. The van der Waals surface area contributed by atoms with Crippen molar-refractivity contribution in [3.05, 3.63) is 108 Å². The average molecular weight is 494 g/mol. The van der Waals surface area contributed by atoms with Crippen LogP contribution in [0.3, 0.4) is 0 Å². The van der Waals surface area contributed by atoms with Gasteiger partial charge in [0.05, 0.1) is 10.2 Å². The predicted molar refractivity (Wildman–Crippen MR) is 149 cm³/mol. The van der Waals surface area contributed by atoms with Crippen molar-refractivity contribution in [2.75, 3.05) is 17.2 Å². The third-order valence-electron chi connectivity index (χ3n) is 5.80. The Kier molecular flexibility index (Phi) is 6.96. The molecule has 0 bridgehead atoms. The van der Waals surface area contributed by atoms with Crippen LogP contribution in [0, 0.1) is 13.8 Å². The van der Waals surface area contributed by atoms with Crippen LogP contribution in [-0.2, 0) is 11.3 Å². The first-order chi connectivity index (χ1) is 17.5. The van der Waals surface area contributed by atoms with E-state index in [0.29, 0.717) is 12.3 Å². The fraction of sp³-hybridized carbons (Fsp3) is 0.133. The van der Waals surface area contributed by atoms with Crippen LogP contribution in [0.15, 0.2) is 91.0 Å². The Balaban J connectivity index is 1.11. The van der Waals surface area contributed by atoms with Crippen molar-refractivity contribution < 1.29 is 9.53 Å². The first-order valence-electron chi connectivity index (χ1n) is 11.8. The van der Waals surface area contributed by atoms with Gasteiger partial charge in [-0.3, -0.25) is 4.79 Å². The maximum atomic E-state index is 12.1. The van der Waals surface area contributed by atoms with Gasteiger partial charge in [-0.2, -0.15) is 0 Å². The van der Waals surface area contributed by atoms with Crippen molar-refractivity contribution in [2.45, 2.75) is 20.4 Å². The van der Waals surface area contributed by atoms with Gasteiger partial charge < -0.3 is 15.4 Å². The van der Waals surface area contributed by atoms with Crippen molar-refractivity contribution in [2.24, 2.45) is 0 Å². The van der Waals surface area contributed by atoms with Crippen molar-refractivity contribution in [1.82, 2.24) is 4.98 Å². The van der Waals surface area contributed by atoms with Crippen LogP contribution in [0.25, 0.3) is 20.8 Å². The van der Waals surface area contributed by atoms with Gasteiger partial charge in [0.2, 0.25) is 0 Å². The summed E-state index contributed by atoms with van der Waals surface area (Å²) in [6, 6.07) is 30.2. The smallest absolute Gasteiger partial charge is 0.262 e. The number of benzene rings is 4. The number of fused-ring (bicyclic) bond motifs is 1. The number of ether oxygens (including phenoxy) is 1. The van der Waals surface area contributed by atoms with E-state index in [1.165, 1.54) is 10.3 Å². The van der Waals surface area contributed by atoms with Gasteiger partial charge in [-0.1, -0.05) is 35.9 Å². The molecule has 5 aromatic rings.